The number of alkyl halides is 2. The highest BCUT2D eigenvalue weighted by Gasteiger charge is 2.21. The maximum atomic E-state index is 13.3. The lowest BCUT2D eigenvalue weighted by atomic mass is 9.96. The van der Waals surface area contributed by atoms with Crippen LogP contribution in [0.4, 0.5) is 8.78 Å². The van der Waals surface area contributed by atoms with E-state index in [2.05, 4.69) is 4.98 Å². The molecule has 1 heterocycles. The average molecular weight is 313 g/mol. The smallest absolute Gasteiger partial charge is 0.336 e. The molecule has 3 rings (SSSR count). The van der Waals surface area contributed by atoms with Crippen LogP contribution in [0.5, 0.6) is 0 Å². The number of hydrogen-bond acceptors (Lipinski definition) is 2. The Kier molecular flexibility index (Phi) is 3.78. The van der Waals surface area contributed by atoms with Gasteiger partial charge in [0, 0.05) is 16.5 Å². The number of para-hydroxylation sites is 1. The molecule has 0 radical (unpaired) electrons. The third-order valence-corrected chi connectivity index (χ3v) is 3.79. The first-order valence-corrected chi connectivity index (χ1v) is 7.00. The Hall–Kier alpha value is -2.82. The molecular formula is C18H13F2NO2. The molecule has 0 unspecified atom stereocenters. The second kappa shape index (κ2) is 5.76. The number of pyridine rings is 1. The predicted octanol–water partition coefficient (Wildman–Crippen LogP) is 4.85. The molecule has 1 N–H and O–H groups in total. The van der Waals surface area contributed by atoms with Crippen LogP contribution in [0.3, 0.4) is 0 Å². The van der Waals surface area contributed by atoms with E-state index in [9.17, 15) is 18.7 Å². The Morgan fingerprint density at radius 2 is 1.78 bits per heavy atom. The first-order chi connectivity index (χ1) is 11.0. The zero-order valence-corrected chi connectivity index (χ0v) is 12.3. The third kappa shape index (κ3) is 2.54. The minimum absolute atomic E-state index is 0.0105. The Morgan fingerprint density at radius 1 is 1.09 bits per heavy atom. The predicted molar refractivity (Wildman–Crippen MR) is 83.8 cm³/mol. The minimum Gasteiger partial charge on any atom is -0.478 e. The molecule has 23 heavy (non-hydrogen) atoms. The number of halogens is 2. The van der Waals surface area contributed by atoms with E-state index in [1.165, 1.54) is 18.2 Å². The molecular weight excluding hydrogens is 300 g/mol. The highest BCUT2D eigenvalue weighted by molar-refractivity contribution is 6.06. The van der Waals surface area contributed by atoms with Gasteiger partial charge in [0.1, 0.15) is 0 Å². The van der Waals surface area contributed by atoms with Crippen molar-refractivity contribution < 1.29 is 18.7 Å². The fourth-order valence-corrected chi connectivity index (χ4v) is 2.73. The standard InChI is InChI=1S/C18H13F2NO2/c1-10-14(18(22)23)12-8-5-9-13(17(19)20)16(12)21-15(10)11-6-3-2-4-7-11/h2-9,17H,1H3,(H,22,23). The summed E-state index contributed by atoms with van der Waals surface area (Å²) in [5.74, 6) is -1.15. The first kappa shape index (κ1) is 15.1. The van der Waals surface area contributed by atoms with E-state index in [1.54, 1.807) is 31.2 Å². The number of carboxylic acid groups (broad SMARTS) is 1. The molecule has 0 saturated carbocycles. The second-order valence-corrected chi connectivity index (χ2v) is 5.18. The van der Waals surface area contributed by atoms with Crippen molar-refractivity contribution in [2.45, 2.75) is 13.3 Å². The van der Waals surface area contributed by atoms with E-state index in [4.69, 9.17) is 0 Å². The number of carboxylic acids is 1. The van der Waals surface area contributed by atoms with Gasteiger partial charge in [0.15, 0.2) is 0 Å². The Bertz CT molecular complexity index is 892. The summed E-state index contributed by atoms with van der Waals surface area (Å²) < 4.78 is 26.6. The van der Waals surface area contributed by atoms with Gasteiger partial charge in [-0.3, -0.25) is 0 Å². The van der Waals surface area contributed by atoms with Crippen LogP contribution >= 0.6 is 0 Å². The number of hydrogen-bond donors (Lipinski definition) is 1. The van der Waals surface area contributed by atoms with Crippen molar-refractivity contribution in [2.75, 3.05) is 0 Å². The number of nitrogens with zero attached hydrogens (tertiary/aromatic N) is 1. The molecule has 1 aromatic heterocycles. The third-order valence-electron chi connectivity index (χ3n) is 3.79. The van der Waals surface area contributed by atoms with Crippen LogP contribution in [0.15, 0.2) is 48.5 Å². The van der Waals surface area contributed by atoms with E-state index in [-0.39, 0.29) is 22.0 Å². The van der Waals surface area contributed by atoms with Crippen molar-refractivity contribution in [2.24, 2.45) is 0 Å². The molecule has 0 amide bonds. The Morgan fingerprint density at radius 3 is 2.39 bits per heavy atom. The Labute approximate surface area is 131 Å². The van der Waals surface area contributed by atoms with Gasteiger partial charge in [-0.1, -0.05) is 48.5 Å². The van der Waals surface area contributed by atoms with Gasteiger partial charge < -0.3 is 5.11 Å². The molecule has 0 atom stereocenters. The van der Waals surface area contributed by atoms with Gasteiger partial charge in [-0.05, 0) is 12.5 Å². The highest BCUT2D eigenvalue weighted by atomic mass is 19.3. The molecule has 0 spiro atoms. The summed E-state index contributed by atoms with van der Waals surface area (Å²) in [7, 11) is 0. The van der Waals surface area contributed by atoms with E-state index in [0.29, 0.717) is 16.8 Å². The second-order valence-electron chi connectivity index (χ2n) is 5.18. The Balaban J connectivity index is 2.45. The van der Waals surface area contributed by atoms with Gasteiger partial charge >= 0.3 is 5.97 Å². The highest BCUT2D eigenvalue weighted by Crippen LogP contribution is 2.34. The maximum absolute atomic E-state index is 13.3. The molecule has 3 nitrogen and oxygen atoms in total. The van der Waals surface area contributed by atoms with Crippen LogP contribution in [0, 0.1) is 6.92 Å². The minimum atomic E-state index is -2.72. The normalized spacial score (nSPS) is 11.1. The van der Waals surface area contributed by atoms with E-state index < -0.39 is 12.4 Å². The van der Waals surface area contributed by atoms with Gasteiger partial charge in [-0.15, -0.1) is 0 Å². The van der Waals surface area contributed by atoms with Gasteiger partial charge in [0.2, 0.25) is 0 Å². The fourth-order valence-electron chi connectivity index (χ4n) is 2.73. The zero-order valence-electron chi connectivity index (χ0n) is 12.3. The van der Waals surface area contributed by atoms with E-state index >= 15 is 0 Å². The van der Waals surface area contributed by atoms with E-state index in [0.717, 1.165) is 0 Å². The van der Waals surface area contributed by atoms with Crippen molar-refractivity contribution in [1.29, 1.82) is 0 Å². The molecule has 5 heteroatoms. The largest absolute Gasteiger partial charge is 0.478 e. The average Bonchev–Trinajstić information content (AvgIpc) is 2.53. The van der Waals surface area contributed by atoms with Crippen molar-refractivity contribution >= 4 is 16.9 Å². The monoisotopic (exact) mass is 313 g/mol. The summed E-state index contributed by atoms with van der Waals surface area (Å²) in [5.41, 5.74) is 1.34. The number of rotatable bonds is 3. The van der Waals surface area contributed by atoms with Gasteiger partial charge in [0.25, 0.3) is 6.43 Å². The zero-order chi connectivity index (χ0) is 16.6. The number of fused-ring (bicyclic) bond motifs is 1. The molecule has 116 valence electrons. The summed E-state index contributed by atoms with van der Waals surface area (Å²) in [6.07, 6.45) is -2.72. The van der Waals surface area contributed by atoms with Gasteiger partial charge in [-0.2, -0.15) is 0 Å². The van der Waals surface area contributed by atoms with Crippen molar-refractivity contribution in [3.63, 3.8) is 0 Å². The van der Waals surface area contributed by atoms with Crippen molar-refractivity contribution in [3.8, 4) is 11.3 Å². The number of benzene rings is 2. The lowest BCUT2D eigenvalue weighted by Gasteiger charge is -2.14. The number of carbonyl (C=O) groups is 1. The molecule has 3 aromatic rings. The molecule has 0 bridgehead atoms. The van der Waals surface area contributed by atoms with Crippen molar-refractivity contribution in [3.05, 3.63) is 65.2 Å². The lowest BCUT2D eigenvalue weighted by molar-refractivity contribution is 0.0698. The summed E-state index contributed by atoms with van der Waals surface area (Å²) in [6, 6.07) is 13.2. The van der Waals surface area contributed by atoms with Crippen LogP contribution < -0.4 is 0 Å². The summed E-state index contributed by atoms with van der Waals surface area (Å²) >= 11 is 0. The van der Waals surface area contributed by atoms with Gasteiger partial charge in [0.05, 0.1) is 16.8 Å². The summed E-state index contributed by atoms with van der Waals surface area (Å²) in [5, 5.41) is 9.78. The molecule has 0 aliphatic carbocycles. The summed E-state index contributed by atoms with van der Waals surface area (Å²) in [4.78, 5) is 16.1. The number of aromatic nitrogens is 1. The van der Waals surface area contributed by atoms with Crippen LogP contribution in [-0.4, -0.2) is 16.1 Å². The molecule has 2 aromatic carbocycles. The molecule has 0 aliphatic heterocycles. The topological polar surface area (TPSA) is 50.2 Å². The lowest BCUT2D eigenvalue weighted by Crippen LogP contribution is -2.06. The molecule has 0 saturated heterocycles. The van der Waals surface area contributed by atoms with Crippen LogP contribution in [-0.2, 0) is 0 Å². The molecule has 0 fully saturated rings. The fraction of sp³-hybridized carbons (Fsp3) is 0.111. The van der Waals surface area contributed by atoms with Crippen molar-refractivity contribution in [1.82, 2.24) is 4.98 Å². The van der Waals surface area contributed by atoms with Crippen LogP contribution in [0.2, 0.25) is 0 Å². The molecule has 0 aliphatic rings. The number of aromatic carboxylic acids is 1. The first-order valence-electron chi connectivity index (χ1n) is 7.00. The maximum Gasteiger partial charge on any atom is 0.336 e. The van der Waals surface area contributed by atoms with Crippen LogP contribution in [0.25, 0.3) is 22.2 Å². The van der Waals surface area contributed by atoms with Gasteiger partial charge in [-0.25, -0.2) is 18.6 Å². The van der Waals surface area contributed by atoms with E-state index in [1.807, 2.05) is 6.07 Å². The quantitative estimate of drug-likeness (QED) is 0.752. The van der Waals surface area contributed by atoms with Crippen LogP contribution in [0.1, 0.15) is 27.9 Å². The SMILES string of the molecule is Cc1c(-c2ccccc2)nc2c(C(F)F)cccc2c1C(=O)O. The summed E-state index contributed by atoms with van der Waals surface area (Å²) in [6.45, 7) is 1.65.